The molecule has 0 radical (unpaired) electrons. The Labute approximate surface area is 121 Å². The maximum atomic E-state index is 12.7. The van der Waals surface area contributed by atoms with Gasteiger partial charge in [-0.25, -0.2) is 8.42 Å². The highest BCUT2D eigenvalue weighted by Gasteiger charge is 2.35. The summed E-state index contributed by atoms with van der Waals surface area (Å²) >= 11 is 0. The van der Waals surface area contributed by atoms with E-state index in [4.69, 9.17) is 0 Å². The molecular formula is C14H23N3O2S. The first-order chi connectivity index (χ1) is 9.54. The number of hydrogen-bond acceptors (Lipinski definition) is 3. The summed E-state index contributed by atoms with van der Waals surface area (Å²) in [7, 11) is -1.44. The second-order valence-corrected chi connectivity index (χ2v) is 7.83. The van der Waals surface area contributed by atoms with E-state index in [-0.39, 0.29) is 6.04 Å². The van der Waals surface area contributed by atoms with Crippen LogP contribution >= 0.6 is 0 Å². The minimum Gasteiger partial charge on any atom is -0.346 e. The third-order valence-corrected chi connectivity index (χ3v) is 6.28. The number of sulfonamides is 1. The average molecular weight is 297 g/mol. The number of rotatable bonds is 5. The summed E-state index contributed by atoms with van der Waals surface area (Å²) in [6.07, 6.45) is 6.08. The van der Waals surface area contributed by atoms with Crippen LogP contribution in [0.25, 0.3) is 0 Å². The molecule has 1 N–H and O–H groups in total. The zero-order chi connectivity index (χ0) is 14.3. The maximum absolute atomic E-state index is 12.7. The molecule has 0 spiro atoms. The van der Waals surface area contributed by atoms with Gasteiger partial charge in [0.05, 0.1) is 0 Å². The summed E-state index contributed by atoms with van der Waals surface area (Å²) in [6.45, 7) is 3.36. The number of nitrogens with one attached hydrogen (secondary N) is 1. The third kappa shape index (κ3) is 2.40. The Bertz CT molecular complexity index is 590. The summed E-state index contributed by atoms with van der Waals surface area (Å²) in [5.74, 6) is 0. The highest BCUT2D eigenvalue weighted by Crippen LogP contribution is 2.38. The summed E-state index contributed by atoms with van der Waals surface area (Å²) in [5.41, 5.74) is 1.07. The highest BCUT2D eigenvalue weighted by atomic mass is 32.2. The molecule has 3 rings (SSSR count). The molecule has 1 saturated heterocycles. The lowest BCUT2D eigenvalue weighted by Crippen LogP contribution is -2.33. The molecule has 1 unspecified atom stereocenters. The Morgan fingerprint density at radius 3 is 2.65 bits per heavy atom. The lowest BCUT2D eigenvalue weighted by Gasteiger charge is -2.19. The molecule has 6 heteroatoms. The first kappa shape index (κ1) is 14.1. The van der Waals surface area contributed by atoms with Crippen LogP contribution in [0.3, 0.4) is 0 Å². The molecule has 0 bridgehead atoms. The Morgan fingerprint density at radius 1 is 1.35 bits per heavy atom. The zero-order valence-electron chi connectivity index (χ0n) is 12.2. The van der Waals surface area contributed by atoms with Crippen molar-refractivity contribution in [2.45, 2.75) is 56.1 Å². The standard InChI is InChI=1S/C14H23N3O2S/c1-11-4-3-7-17(11)20(18,19)14-8-13(9-15-2)16(10-14)12-5-6-12/h8,10-12,15H,3-7,9H2,1-2H3. The van der Waals surface area contributed by atoms with Gasteiger partial charge in [-0.15, -0.1) is 0 Å². The molecule has 1 aliphatic heterocycles. The van der Waals surface area contributed by atoms with Crippen LogP contribution < -0.4 is 5.32 Å². The fourth-order valence-electron chi connectivity index (χ4n) is 3.05. The van der Waals surface area contributed by atoms with Gasteiger partial charge in [0, 0.05) is 37.1 Å². The Balaban J connectivity index is 1.94. The van der Waals surface area contributed by atoms with Crippen LogP contribution in [0.2, 0.25) is 0 Å². The van der Waals surface area contributed by atoms with E-state index in [0.717, 1.165) is 31.4 Å². The molecule has 1 atom stereocenters. The highest BCUT2D eigenvalue weighted by molar-refractivity contribution is 7.89. The van der Waals surface area contributed by atoms with Gasteiger partial charge in [-0.05, 0) is 45.7 Å². The number of hydrogen-bond donors (Lipinski definition) is 1. The van der Waals surface area contributed by atoms with Crippen LogP contribution in [0, 0.1) is 0 Å². The monoisotopic (exact) mass is 297 g/mol. The van der Waals surface area contributed by atoms with Gasteiger partial charge in [-0.3, -0.25) is 0 Å². The van der Waals surface area contributed by atoms with Gasteiger partial charge in [0.25, 0.3) is 0 Å². The molecule has 0 aromatic carbocycles. The van der Waals surface area contributed by atoms with E-state index in [9.17, 15) is 8.42 Å². The van der Waals surface area contributed by atoms with E-state index in [1.807, 2.05) is 26.2 Å². The van der Waals surface area contributed by atoms with Gasteiger partial charge < -0.3 is 9.88 Å². The quantitative estimate of drug-likeness (QED) is 0.900. The molecule has 2 heterocycles. The number of aromatic nitrogens is 1. The second kappa shape index (κ2) is 5.16. The van der Waals surface area contributed by atoms with Crippen LogP contribution in [0.5, 0.6) is 0 Å². The minimum absolute atomic E-state index is 0.122. The van der Waals surface area contributed by atoms with Crippen LogP contribution in [0.4, 0.5) is 0 Å². The summed E-state index contributed by atoms with van der Waals surface area (Å²) in [5, 5.41) is 3.12. The molecule has 1 aromatic rings. The van der Waals surface area contributed by atoms with Crippen molar-refractivity contribution in [2.75, 3.05) is 13.6 Å². The van der Waals surface area contributed by atoms with E-state index in [1.165, 1.54) is 0 Å². The third-order valence-electron chi connectivity index (χ3n) is 4.30. The lowest BCUT2D eigenvalue weighted by atomic mass is 10.3. The van der Waals surface area contributed by atoms with E-state index in [0.29, 0.717) is 24.0 Å². The predicted molar refractivity (Wildman–Crippen MR) is 78.1 cm³/mol. The minimum atomic E-state index is -3.33. The summed E-state index contributed by atoms with van der Waals surface area (Å²) < 4.78 is 29.3. The lowest BCUT2D eigenvalue weighted by molar-refractivity contribution is 0.408. The molecular weight excluding hydrogens is 274 g/mol. The molecule has 20 heavy (non-hydrogen) atoms. The normalized spacial score (nSPS) is 24.4. The van der Waals surface area contributed by atoms with Crippen LogP contribution in [0.1, 0.15) is 44.3 Å². The van der Waals surface area contributed by atoms with Crippen molar-refractivity contribution < 1.29 is 8.42 Å². The molecule has 2 fully saturated rings. The molecule has 1 aromatic heterocycles. The van der Waals surface area contributed by atoms with Gasteiger partial charge in [-0.2, -0.15) is 4.31 Å². The topological polar surface area (TPSA) is 54.3 Å². The van der Waals surface area contributed by atoms with Gasteiger partial charge in [0.1, 0.15) is 4.90 Å². The van der Waals surface area contributed by atoms with Crippen molar-refractivity contribution in [3.8, 4) is 0 Å². The summed E-state index contributed by atoms with van der Waals surface area (Å²) in [4.78, 5) is 0.461. The van der Waals surface area contributed by atoms with Gasteiger partial charge in [0.2, 0.25) is 10.0 Å². The van der Waals surface area contributed by atoms with Gasteiger partial charge in [-0.1, -0.05) is 0 Å². The summed E-state index contributed by atoms with van der Waals surface area (Å²) in [6, 6.07) is 2.46. The largest absolute Gasteiger partial charge is 0.346 e. The van der Waals surface area contributed by atoms with E-state index in [1.54, 1.807) is 4.31 Å². The Hall–Kier alpha value is -0.850. The Kier molecular flexibility index (Phi) is 3.64. The SMILES string of the molecule is CNCc1cc(S(=O)(=O)N2CCCC2C)cn1C1CC1. The van der Waals surface area contributed by atoms with Crippen molar-refractivity contribution in [1.82, 2.24) is 14.2 Å². The molecule has 1 aliphatic carbocycles. The van der Waals surface area contributed by atoms with Crippen LogP contribution in [-0.2, 0) is 16.6 Å². The van der Waals surface area contributed by atoms with E-state index in [2.05, 4.69) is 9.88 Å². The zero-order valence-corrected chi connectivity index (χ0v) is 13.0. The fourth-order valence-corrected chi connectivity index (χ4v) is 4.80. The Morgan fingerprint density at radius 2 is 2.10 bits per heavy atom. The van der Waals surface area contributed by atoms with Crippen molar-refractivity contribution >= 4 is 10.0 Å². The maximum Gasteiger partial charge on any atom is 0.244 e. The van der Waals surface area contributed by atoms with E-state index >= 15 is 0 Å². The van der Waals surface area contributed by atoms with Crippen molar-refractivity contribution in [1.29, 1.82) is 0 Å². The van der Waals surface area contributed by atoms with Crippen molar-refractivity contribution in [3.05, 3.63) is 18.0 Å². The van der Waals surface area contributed by atoms with Gasteiger partial charge in [0.15, 0.2) is 0 Å². The van der Waals surface area contributed by atoms with Crippen molar-refractivity contribution in [3.63, 3.8) is 0 Å². The predicted octanol–water partition coefficient (Wildman–Crippen LogP) is 1.72. The van der Waals surface area contributed by atoms with Crippen LogP contribution in [0.15, 0.2) is 17.2 Å². The molecule has 1 saturated carbocycles. The average Bonchev–Trinajstić information content (AvgIpc) is 3.00. The molecule has 2 aliphatic rings. The molecule has 0 amide bonds. The van der Waals surface area contributed by atoms with Gasteiger partial charge >= 0.3 is 0 Å². The smallest absolute Gasteiger partial charge is 0.244 e. The fraction of sp³-hybridized carbons (Fsp3) is 0.714. The first-order valence-electron chi connectivity index (χ1n) is 7.41. The second-order valence-electron chi connectivity index (χ2n) is 5.94. The number of nitrogens with zero attached hydrogens (tertiary/aromatic N) is 2. The van der Waals surface area contributed by atoms with E-state index < -0.39 is 10.0 Å². The van der Waals surface area contributed by atoms with Crippen LogP contribution in [-0.4, -0.2) is 36.9 Å². The van der Waals surface area contributed by atoms with Crippen molar-refractivity contribution in [2.24, 2.45) is 0 Å². The molecule has 112 valence electrons. The molecule has 5 nitrogen and oxygen atoms in total. The first-order valence-corrected chi connectivity index (χ1v) is 8.85.